The molecule has 0 aliphatic carbocycles. The van der Waals surface area contributed by atoms with Gasteiger partial charge in [-0.1, -0.05) is 23.7 Å². The number of amides is 1. The third-order valence-electron chi connectivity index (χ3n) is 2.30. The molecule has 0 radical (unpaired) electrons. The number of phenolic OH excluding ortho intramolecular Hbond substituents is 1. The lowest BCUT2D eigenvalue weighted by atomic mass is 10.2. The number of rotatable bonds is 3. The van der Waals surface area contributed by atoms with E-state index in [1.165, 1.54) is 24.5 Å². The van der Waals surface area contributed by atoms with Crippen LogP contribution in [-0.4, -0.2) is 27.7 Å². The maximum Gasteiger partial charge on any atom is 0.272 e. The maximum absolute atomic E-state index is 11.7. The number of hydrazone groups is 1. The fourth-order valence-electron chi connectivity index (χ4n) is 1.33. The second kappa shape index (κ2) is 7.22. The van der Waals surface area contributed by atoms with E-state index in [-0.39, 0.29) is 11.2 Å². The number of phenols is 1. The quantitative estimate of drug-likeness (QED) is 0.507. The number of para-hydroxylation sites is 1. The van der Waals surface area contributed by atoms with Gasteiger partial charge in [0.05, 0.1) is 11.8 Å². The molecule has 2 aromatic rings. The van der Waals surface area contributed by atoms with Crippen LogP contribution in [0.15, 0.2) is 47.7 Å². The topological polar surface area (TPSA) is 106 Å². The number of hydrogen-bond donors (Lipinski definition) is 2. The van der Waals surface area contributed by atoms with E-state index in [1.54, 1.807) is 24.3 Å². The van der Waals surface area contributed by atoms with Gasteiger partial charge >= 0.3 is 0 Å². The van der Waals surface area contributed by atoms with E-state index in [2.05, 4.69) is 15.5 Å². The van der Waals surface area contributed by atoms with Crippen LogP contribution < -0.4 is 5.43 Å². The monoisotopic (exact) mass is 293 g/mol. The molecule has 0 aliphatic rings. The Balaban J connectivity index is 0.00000200. The van der Waals surface area contributed by atoms with E-state index in [4.69, 9.17) is 11.6 Å². The molecule has 104 valence electrons. The predicted octanol–water partition coefficient (Wildman–Crippen LogP) is 1.38. The standard InChI is InChI=1S/C13H10ClN3O2.H2O/c14-12-6-5-10(7-15-12)13(19)17-16-8-9-3-1-2-4-11(9)18;/h1-8,18H,(H,17,19);1H2/b16-8+;. The molecule has 1 aromatic heterocycles. The van der Waals surface area contributed by atoms with E-state index >= 15 is 0 Å². The molecule has 0 saturated heterocycles. The number of aromatic nitrogens is 1. The highest BCUT2D eigenvalue weighted by Crippen LogP contribution is 2.12. The van der Waals surface area contributed by atoms with E-state index in [0.717, 1.165) is 0 Å². The Kier molecular flexibility index (Phi) is 5.64. The van der Waals surface area contributed by atoms with Gasteiger partial charge in [-0.2, -0.15) is 5.10 Å². The Morgan fingerprint density at radius 3 is 2.70 bits per heavy atom. The zero-order valence-electron chi connectivity index (χ0n) is 10.2. The Morgan fingerprint density at radius 1 is 1.30 bits per heavy atom. The summed E-state index contributed by atoms with van der Waals surface area (Å²) in [4.78, 5) is 15.5. The molecule has 1 amide bonds. The van der Waals surface area contributed by atoms with Crippen LogP contribution >= 0.6 is 11.6 Å². The SMILES string of the molecule is O.O=C(N/N=C/c1ccccc1O)c1ccc(Cl)nc1. The molecule has 4 N–H and O–H groups in total. The summed E-state index contributed by atoms with van der Waals surface area (Å²) in [5.74, 6) is -0.315. The van der Waals surface area contributed by atoms with E-state index in [9.17, 15) is 9.90 Å². The molecule has 0 unspecified atom stereocenters. The molecule has 0 aliphatic heterocycles. The third kappa shape index (κ3) is 4.04. The highest BCUT2D eigenvalue weighted by atomic mass is 35.5. The highest BCUT2D eigenvalue weighted by molar-refractivity contribution is 6.29. The van der Waals surface area contributed by atoms with Crippen molar-refractivity contribution >= 4 is 23.7 Å². The highest BCUT2D eigenvalue weighted by Gasteiger charge is 2.04. The molecule has 0 spiro atoms. The van der Waals surface area contributed by atoms with E-state index < -0.39 is 5.91 Å². The lowest BCUT2D eigenvalue weighted by molar-refractivity contribution is 0.0954. The first-order valence-electron chi connectivity index (χ1n) is 5.40. The van der Waals surface area contributed by atoms with Crippen molar-refractivity contribution in [1.29, 1.82) is 0 Å². The second-order valence-corrected chi connectivity index (χ2v) is 4.01. The molecule has 1 heterocycles. The molecular formula is C13H12ClN3O3. The summed E-state index contributed by atoms with van der Waals surface area (Å²) in [6, 6.07) is 9.72. The number of hydrogen-bond acceptors (Lipinski definition) is 4. The molecule has 6 nitrogen and oxygen atoms in total. The van der Waals surface area contributed by atoms with E-state index in [1.807, 2.05) is 0 Å². The summed E-state index contributed by atoms with van der Waals surface area (Å²) in [5, 5.41) is 13.6. The minimum absolute atomic E-state index is 0. The average molecular weight is 294 g/mol. The van der Waals surface area contributed by atoms with Crippen LogP contribution in [0.3, 0.4) is 0 Å². The van der Waals surface area contributed by atoms with Crippen LogP contribution in [-0.2, 0) is 0 Å². The Bertz CT molecular complexity index is 615. The molecule has 0 saturated carbocycles. The van der Waals surface area contributed by atoms with Crippen LogP contribution in [0.25, 0.3) is 0 Å². The molecule has 0 atom stereocenters. The first-order valence-corrected chi connectivity index (χ1v) is 5.77. The van der Waals surface area contributed by atoms with Crippen molar-refractivity contribution < 1.29 is 15.4 Å². The van der Waals surface area contributed by atoms with Gasteiger partial charge in [0, 0.05) is 11.8 Å². The summed E-state index contributed by atoms with van der Waals surface area (Å²) in [7, 11) is 0. The fraction of sp³-hybridized carbons (Fsp3) is 0. The first kappa shape index (κ1) is 15.6. The summed E-state index contributed by atoms with van der Waals surface area (Å²) in [5.41, 5.74) is 3.19. The van der Waals surface area contributed by atoms with Gasteiger partial charge in [0.2, 0.25) is 0 Å². The number of aromatic hydroxyl groups is 1. The molecule has 1 aromatic carbocycles. The van der Waals surface area contributed by atoms with Crippen molar-refractivity contribution in [1.82, 2.24) is 10.4 Å². The molecule has 7 heteroatoms. The van der Waals surface area contributed by atoms with Gasteiger partial charge in [0.25, 0.3) is 5.91 Å². The van der Waals surface area contributed by atoms with Gasteiger partial charge in [-0.05, 0) is 24.3 Å². The van der Waals surface area contributed by atoms with Crippen LogP contribution in [0.5, 0.6) is 5.75 Å². The van der Waals surface area contributed by atoms with Gasteiger partial charge in [-0.3, -0.25) is 4.79 Å². The normalized spacial score (nSPS) is 10.1. The molecule has 0 bridgehead atoms. The van der Waals surface area contributed by atoms with Crippen molar-refractivity contribution in [2.75, 3.05) is 0 Å². The van der Waals surface area contributed by atoms with Crippen molar-refractivity contribution in [2.24, 2.45) is 5.10 Å². The minimum Gasteiger partial charge on any atom is -0.507 e. The predicted molar refractivity (Wildman–Crippen MR) is 76.0 cm³/mol. The number of nitrogens with zero attached hydrogens (tertiary/aromatic N) is 2. The minimum atomic E-state index is -0.407. The van der Waals surface area contributed by atoms with Crippen molar-refractivity contribution in [2.45, 2.75) is 0 Å². The smallest absolute Gasteiger partial charge is 0.272 e. The Labute approximate surface area is 120 Å². The number of benzene rings is 1. The van der Waals surface area contributed by atoms with Gasteiger partial charge in [-0.15, -0.1) is 0 Å². The van der Waals surface area contributed by atoms with Gasteiger partial charge < -0.3 is 10.6 Å². The fourth-order valence-corrected chi connectivity index (χ4v) is 1.44. The number of carbonyl (C=O) groups excluding carboxylic acids is 1. The third-order valence-corrected chi connectivity index (χ3v) is 2.52. The van der Waals surface area contributed by atoms with Crippen molar-refractivity contribution in [3.63, 3.8) is 0 Å². The maximum atomic E-state index is 11.7. The van der Waals surface area contributed by atoms with Crippen molar-refractivity contribution in [3.8, 4) is 5.75 Å². The Hall–Kier alpha value is -2.44. The molecular weight excluding hydrogens is 282 g/mol. The summed E-state index contributed by atoms with van der Waals surface area (Å²) in [6.07, 6.45) is 2.71. The molecule has 0 fully saturated rings. The number of pyridine rings is 1. The van der Waals surface area contributed by atoms with Crippen LogP contribution in [0.1, 0.15) is 15.9 Å². The summed E-state index contributed by atoms with van der Waals surface area (Å²) >= 11 is 5.62. The molecule has 20 heavy (non-hydrogen) atoms. The zero-order valence-corrected chi connectivity index (χ0v) is 11.0. The number of nitrogens with one attached hydrogen (secondary N) is 1. The van der Waals surface area contributed by atoms with Crippen molar-refractivity contribution in [3.05, 3.63) is 58.9 Å². The Morgan fingerprint density at radius 2 is 2.05 bits per heavy atom. The van der Waals surface area contributed by atoms with Crippen LogP contribution in [0.2, 0.25) is 5.15 Å². The van der Waals surface area contributed by atoms with Crippen LogP contribution in [0.4, 0.5) is 0 Å². The molecule has 2 rings (SSSR count). The average Bonchev–Trinajstić information content (AvgIpc) is 2.41. The van der Waals surface area contributed by atoms with Gasteiger partial charge in [0.1, 0.15) is 10.9 Å². The second-order valence-electron chi connectivity index (χ2n) is 3.63. The van der Waals surface area contributed by atoms with Gasteiger partial charge in [0.15, 0.2) is 0 Å². The first-order chi connectivity index (χ1) is 9.16. The van der Waals surface area contributed by atoms with E-state index in [0.29, 0.717) is 16.3 Å². The van der Waals surface area contributed by atoms with Gasteiger partial charge in [-0.25, -0.2) is 10.4 Å². The summed E-state index contributed by atoms with van der Waals surface area (Å²) < 4.78 is 0. The number of halogens is 1. The summed E-state index contributed by atoms with van der Waals surface area (Å²) in [6.45, 7) is 0. The zero-order chi connectivity index (χ0) is 13.7. The van der Waals surface area contributed by atoms with Crippen LogP contribution in [0, 0.1) is 0 Å². The lowest BCUT2D eigenvalue weighted by Gasteiger charge is -2.00. The lowest BCUT2D eigenvalue weighted by Crippen LogP contribution is -2.17. The number of carbonyl (C=O) groups is 1. The largest absolute Gasteiger partial charge is 0.507 e.